The van der Waals surface area contributed by atoms with Crippen molar-refractivity contribution in [1.29, 1.82) is 0 Å². The van der Waals surface area contributed by atoms with Crippen LogP contribution in [0.5, 0.6) is 0 Å². The van der Waals surface area contributed by atoms with E-state index < -0.39 is 0 Å². The van der Waals surface area contributed by atoms with E-state index in [1.807, 2.05) is 6.92 Å². The lowest BCUT2D eigenvalue weighted by Gasteiger charge is -2.09. The minimum absolute atomic E-state index is 0.840. The third-order valence-electron chi connectivity index (χ3n) is 3.40. The molecular formula is C12H22N4. The van der Waals surface area contributed by atoms with Crippen molar-refractivity contribution in [2.45, 2.75) is 46.1 Å². The fourth-order valence-electron chi connectivity index (χ4n) is 2.42. The lowest BCUT2D eigenvalue weighted by molar-refractivity contribution is 0.509. The molecule has 1 saturated heterocycles. The van der Waals surface area contributed by atoms with Gasteiger partial charge in [0.05, 0.1) is 0 Å². The summed E-state index contributed by atoms with van der Waals surface area (Å²) in [5.41, 5.74) is 0. The molecule has 0 spiro atoms. The summed E-state index contributed by atoms with van der Waals surface area (Å²) in [7, 11) is 0. The summed E-state index contributed by atoms with van der Waals surface area (Å²) in [5.74, 6) is 3.07. The van der Waals surface area contributed by atoms with Gasteiger partial charge < -0.3 is 9.88 Å². The van der Waals surface area contributed by atoms with Gasteiger partial charge in [-0.1, -0.05) is 6.92 Å². The van der Waals surface area contributed by atoms with E-state index in [4.69, 9.17) is 0 Å². The van der Waals surface area contributed by atoms with Crippen LogP contribution in [0.15, 0.2) is 0 Å². The summed E-state index contributed by atoms with van der Waals surface area (Å²) in [6.45, 7) is 7.66. The van der Waals surface area contributed by atoms with Crippen molar-refractivity contribution in [3.8, 4) is 0 Å². The van der Waals surface area contributed by atoms with E-state index in [1.54, 1.807) is 0 Å². The quantitative estimate of drug-likeness (QED) is 0.821. The zero-order valence-electron chi connectivity index (χ0n) is 10.4. The first-order valence-electron chi connectivity index (χ1n) is 6.40. The maximum absolute atomic E-state index is 4.29. The third kappa shape index (κ3) is 2.61. The smallest absolute Gasteiger partial charge is 0.133 e. The number of nitrogens with zero attached hydrogens (tertiary/aromatic N) is 3. The number of rotatable bonds is 5. The Morgan fingerprint density at radius 2 is 2.31 bits per heavy atom. The molecule has 1 aliphatic heterocycles. The Labute approximate surface area is 97.5 Å². The highest BCUT2D eigenvalue weighted by Gasteiger charge is 2.16. The lowest BCUT2D eigenvalue weighted by Crippen LogP contribution is -2.11. The Morgan fingerprint density at radius 3 is 3.00 bits per heavy atom. The molecule has 16 heavy (non-hydrogen) atoms. The van der Waals surface area contributed by atoms with Gasteiger partial charge in [-0.15, -0.1) is 10.2 Å². The van der Waals surface area contributed by atoms with E-state index in [0.29, 0.717) is 0 Å². The second kappa shape index (κ2) is 5.43. The van der Waals surface area contributed by atoms with Gasteiger partial charge in [-0.25, -0.2) is 0 Å². The molecule has 1 N–H and O–H groups in total. The normalized spacial score (nSPS) is 20.5. The lowest BCUT2D eigenvalue weighted by atomic mass is 10.0. The molecule has 1 unspecified atom stereocenters. The first-order chi connectivity index (χ1) is 7.81. The molecule has 90 valence electrons. The monoisotopic (exact) mass is 222 g/mol. The first-order valence-corrected chi connectivity index (χ1v) is 6.40. The molecule has 1 atom stereocenters. The highest BCUT2D eigenvalue weighted by Crippen LogP contribution is 2.15. The maximum Gasteiger partial charge on any atom is 0.133 e. The van der Waals surface area contributed by atoms with E-state index in [2.05, 4.69) is 27.0 Å². The molecule has 1 aromatic heterocycles. The molecule has 0 radical (unpaired) electrons. The molecule has 1 fully saturated rings. The minimum Gasteiger partial charge on any atom is -0.316 e. The molecule has 2 rings (SSSR count). The van der Waals surface area contributed by atoms with E-state index in [9.17, 15) is 0 Å². The second-order valence-electron chi connectivity index (χ2n) is 4.71. The summed E-state index contributed by atoms with van der Waals surface area (Å²) in [4.78, 5) is 0. The Hall–Kier alpha value is -0.900. The molecule has 4 nitrogen and oxygen atoms in total. The second-order valence-corrected chi connectivity index (χ2v) is 4.71. The summed E-state index contributed by atoms with van der Waals surface area (Å²) in [6, 6.07) is 0. The molecule has 1 aromatic rings. The van der Waals surface area contributed by atoms with Crippen molar-refractivity contribution < 1.29 is 0 Å². The fourth-order valence-corrected chi connectivity index (χ4v) is 2.42. The Balaban J connectivity index is 1.92. The molecule has 0 saturated carbocycles. The number of aryl methyl sites for hydroxylation is 2. The number of hydrogen-bond donors (Lipinski definition) is 1. The van der Waals surface area contributed by atoms with Gasteiger partial charge in [-0.3, -0.25) is 0 Å². The van der Waals surface area contributed by atoms with Gasteiger partial charge in [0.15, 0.2) is 0 Å². The zero-order chi connectivity index (χ0) is 11.4. The van der Waals surface area contributed by atoms with Gasteiger partial charge in [0.2, 0.25) is 0 Å². The summed E-state index contributed by atoms with van der Waals surface area (Å²) in [5, 5.41) is 11.9. The average molecular weight is 222 g/mol. The van der Waals surface area contributed by atoms with Crippen molar-refractivity contribution >= 4 is 0 Å². The average Bonchev–Trinajstić information content (AvgIpc) is 2.89. The van der Waals surface area contributed by atoms with E-state index in [1.165, 1.54) is 31.8 Å². The van der Waals surface area contributed by atoms with Crippen LogP contribution in [0.3, 0.4) is 0 Å². The molecule has 1 aliphatic rings. The van der Waals surface area contributed by atoms with Crippen LogP contribution in [-0.2, 0) is 13.0 Å². The molecule has 0 amide bonds. The van der Waals surface area contributed by atoms with Gasteiger partial charge >= 0.3 is 0 Å². The van der Waals surface area contributed by atoms with Crippen LogP contribution in [0.1, 0.15) is 37.8 Å². The van der Waals surface area contributed by atoms with Gasteiger partial charge in [0.25, 0.3) is 0 Å². The molecular weight excluding hydrogens is 200 g/mol. The highest BCUT2D eigenvalue weighted by atomic mass is 15.3. The Bertz CT molecular complexity index is 326. The molecule has 0 aromatic carbocycles. The van der Waals surface area contributed by atoms with E-state index in [-0.39, 0.29) is 0 Å². The zero-order valence-corrected chi connectivity index (χ0v) is 10.4. The molecule has 0 aliphatic carbocycles. The Morgan fingerprint density at radius 1 is 1.44 bits per heavy atom. The number of aromatic nitrogens is 3. The van der Waals surface area contributed by atoms with Crippen LogP contribution >= 0.6 is 0 Å². The summed E-state index contributed by atoms with van der Waals surface area (Å²) >= 11 is 0. The molecule has 0 bridgehead atoms. The first kappa shape index (κ1) is 11.6. The largest absolute Gasteiger partial charge is 0.316 e. The van der Waals surface area contributed by atoms with E-state index in [0.717, 1.165) is 31.1 Å². The predicted octanol–water partition coefficient (Wildman–Crippen LogP) is 1.54. The van der Waals surface area contributed by atoms with Gasteiger partial charge in [-0.05, 0) is 45.2 Å². The Kier molecular flexibility index (Phi) is 3.93. The van der Waals surface area contributed by atoms with Crippen LogP contribution in [-0.4, -0.2) is 27.9 Å². The van der Waals surface area contributed by atoms with Crippen molar-refractivity contribution in [2.24, 2.45) is 5.92 Å². The van der Waals surface area contributed by atoms with Gasteiger partial charge in [0.1, 0.15) is 11.6 Å². The standard InChI is InChI=1S/C12H22N4/c1-3-8-16-10(2)14-15-12(16)5-4-11-6-7-13-9-11/h11,13H,3-9H2,1-2H3. The predicted molar refractivity (Wildman–Crippen MR) is 64.3 cm³/mol. The molecule has 4 heteroatoms. The maximum atomic E-state index is 4.29. The van der Waals surface area contributed by atoms with Crippen LogP contribution in [0, 0.1) is 12.8 Å². The molecule has 2 heterocycles. The highest BCUT2D eigenvalue weighted by molar-refractivity contribution is 4.94. The van der Waals surface area contributed by atoms with Crippen molar-refractivity contribution in [3.05, 3.63) is 11.6 Å². The van der Waals surface area contributed by atoms with Crippen molar-refractivity contribution in [1.82, 2.24) is 20.1 Å². The van der Waals surface area contributed by atoms with Crippen LogP contribution in [0.2, 0.25) is 0 Å². The summed E-state index contributed by atoms with van der Waals surface area (Å²) < 4.78 is 2.27. The van der Waals surface area contributed by atoms with Crippen molar-refractivity contribution in [2.75, 3.05) is 13.1 Å². The van der Waals surface area contributed by atoms with Crippen LogP contribution < -0.4 is 5.32 Å². The fraction of sp³-hybridized carbons (Fsp3) is 0.833. The summed E-state index contributed by atoms with van der Waals surface area (Å²) in [6.07, 6.45) is 4.79. The topological polar surface area (TPSA) is 42.7 Å². The van der Waals surface area contributed by atoms with Crippen LogP contribution in [0.25, 0.3) is 0 Å². The minimum atomic E-state index is 0.840. The van der Waals surface area contributed by atoms with E-state index >= 15 is 0 Å². The van der Waals surface area contributed by atoms with Gasteiger partial charge in [-0.2, -0.15) is 0 Å². The van der Waals surface area contributed by atoms with Crippen molar-refractivity contribution in [3.63, 3.8) is 0 Å². The number of hydrogen-bond acceptors (Lipinski definition) is 3. The van der Waals surface area contributed by atoms with Gasteiger partial charge in [0, 0.05) is 13.0 Å². The third-order valence-corrected chi connectivity index (χ3v) is 3.40. The van der Waals surface area contributed by atoms with Crippen LogP contribution in [0.4, 0.5) is 0 Å². The SMILES string of the molecule is CCCn1c(C)nnc1CCC1CCNC1. The number of nitrogens with one attached hydrogen (secondary N) is 1.